The molecule has 0 saturated carbocycles. The van der Waals surface area contributed by atoms with Crippen LogP contribution in [0, 0.1) is 24.1 Å². The molecule has 0 radical (unpaired) electrons. The molecule has 0 spiro atoms. The second-order valence-electron chi connectivity index (χ2n) is 7.26. The third-order valence-corrected chi connectivity index (χ3v) is 5.45. The number of fused-ring (bicyclic) bond motifs is 1. The lowest BCUT2D eigenvalue weighted by Gasteiger charge is -2.53. The lowest BCUT2D eigenvalue weighted by Crippen LogP contribution is -2.65. The van der Waals surface area contributed by atoms with Crippen molar-refractivity contribution in [3.63, 3.8) is 0 Å². The molecule has 0 bridgehead atoms. The number of aryl methyl sites for hydroxylation is 1. The minimum atomic E-state index is -0.562. The van der Waals surface area contributed by atoms with Crippen molar-refractivity contribution in [1.29, 1.82) is 5.41 Å². The Balaban J connectivity index is 1.52. The maximum atomic E-state index is 14.3. The molecule has 2 unspecified atom stereocenters. The summed E-state index contributed by atoms with van der Waals surface area (Å²) in [6.07, 6.45) is 6.52. The molecule has 29 heavy (non-hydrogen) atoms. The second-order valence-corrected chi connectivity index (χ2v) is 7.26. The molecular weight excluding hydrogens is 373 g/mol. The minimum Gasteiger partial charge on any atom is -0.350 e. The first-order valence-electron chi connectivity index (χ1n) is 9.49. The summed E-state index contributed by atoms with van der Waals surface area (Å²) < 4.78 is 14.3. The van der Waals surface area contributed by atoms with Crippen molar-refractivity contribution in [2.45, 2.75) is 19.4 Å². The Bertz CT molecular complexity index is 964. The van der Waals surface area contributed by atoms with E-state index in [0.717, 1.165) is 30.7 Å². The Kier molecular flexibility index (Phi) is 5.20. The van der Waals surface area contributed by atoms with E-state index >= 15 is 0 Å². The molecule has 1 aromatic heterocycles. The van der Waals surface area contributed by atoms with Crippen molar-refractivity contribution in [2.24, 2.45) is 11.0 Å². The van der Waals surface area contributed by atoms with Gasteiger partial charge in [0, 0.05) is 38.0 Å². The van der Waals surface area contributed by atoms with E-state index in [1.54, 1.807) is 23.4 Å². The Morgan fingerprint density at radius 3 is 3.03 bits per heavy atom. The van der Waals surface area contributed by atoms with Crippen LogP contribution in [-0.4, -0.2) is 58.9 Å². The average molecular weight is 395 g/mol. The number of benzene rings is 1. The Morgan fingerprint density at radius 2 is 2.24 bits per heavy atom. The topological polar surface area (TPSA) is 97.6 Å². The average Bonchev–Trinajstić information content (AvgIpc) is 2.70. The SMILES string of the molecule is Cc1cncc(N2CC3CCN(C(=O)c4cccc(F)c4N/N=C\C=N)CC32)n1. The van der Waals surface area contributed by atoms with Gasteiger partial charge in [-0.15, -0.1) is 0 Å². The van der Waals surface area contributed by atoms with E-state index < -0.39 is 5.82 Å². The van der Waals surface area contributed by atoms with Gasteiger partial charge in [-0.1, -0.05) is 6.07 Å². The molecule has 150 valence electrons. The summed E-state index contributed by atoms with van der Waals surface area (Å²) in [4.78, 5) is 25.9. The zero-order valence-electron chi connectivity index (χ0n) is 16.0. The van der Waals surface area contributed by atoms with Gasteiger partial charge in [-0.3, -0.25) is 15.2 Å². The maximum absolute atomic E-state index is 14.3. The van der Waals surface area contributed by atoms with Crippen LogP contribution < -0.4 is 10.3 Å². The third-order valence-electron chi connectivity index (χ3n) is 5.45. The van der Waals surface area contributed by atoms with Crippen LogP contribution in [0.1, 0.15) is 22.5 Å². The number of likely N-dealkylation sites (tertiary alicyclic amines) is 1. The summed E-state index contributed by atoms with van der Waals surface area (Å²) in [7, 11) is 0. The molecule has 1 aromatic carbocycles. The van der Waals surface area contributed by atoms with Gasteiger partial charge in [-0.05, 0) is 25.5 Å². The van der Waals surface area contributed by atoms with Gasteiger partial charge in [0.15, 0.2) is 0 Å². The standard InChI is InChI=1S/C20H22FN7O/c1-13-9-23-10-18(25-13)28-11-14-5-8-27(12-17(14)28)20(29)15-3-2-4-16(21)19(15)26-24-7-6-22/h2-4,6-7,9-10,14,17,22,26H,5,8,11-12H2,1H3/b22-6?,24-7-. The summed E-state index contributed by atoms with van der Waals surface area (Å²) in [5, 5.41) is 10.7. The predicted molar refractivity (Wildman–Crippen MR) is 109 cm³/mol. The zero-order valence-corrected chi connectivity index (χ0v) is 16.0. The zero-order chi connectivity index (χ0) is 20.4. The second kappa shape index (κ2) is 7.94. The van der Waals surface area contributed by atoms with Crippen LogP contribution in [0.15, 0.2) is 35.7 Å². The lowest BCUT2D eigenvalue weighted by atomic mass is 9.82. The van der Waals surface area contributed by atoms with Crippen LogP contribution >= 0.6 is 0 Å². The number of nitrogens with one attached hydrogen (secondary N) is 2. The van der Waals surface area contributed by atoms with Crippen molar-refractivity contribution < 1.29 is 9.18 Å². The van der Waals surface area contributed by atoms with Crippen LogP contribution in [0.25, 0.3) is 0 Å². The smallest absolute Gasteiger partial charge is 0.256 e. The van der Waals surface area contributed by atoms with E-state index in [-0.39, 0.29) is 23.2 Å². The number of carbonyl (C=O) groups excluding carboxylic acids is 1. The first-order chi connectivity index (χ1) is 14.1. The number of nitrogens with zero attached hydrogens (tertiary/aromatic N) is 5. The lowest BCUT2D eigenvalue weighted by molar-refractivity contribution is 0.0591. The van der Waals surface area contributed by atoms with Gasteiger partial charge >= 0.3 is 0 Å². The largest absolute Gasteiger partial charge is 0.350 e. The van der Waals surface area contributed by atoms with Gasteiger partial charge in [-0.25, -0.2) is 9.37 Å². The summed E-state index contributed by atoms with van der Waals surface area (Å²) in [5.41, 5.74) is 3.65. The molecule has 4 rings (SSSR count). The molecule has 2 N–H and O–H groups in total. The van der Waals surface area contributed by atoms with Gasteiger partial charge in [0.25, 0.3) is 5.91 Å². The molecule has 2 aromatic rings. The molecule has 2 aliphatic rings. The number of hydrogen-bond acceptors (Lipinski definition) is 7. The molecule has 2 fully saturated rings. The predicted octanol–water partition coefficient (Wildman–Crippen LogP) is 2.32. The van der Waals surface area contributed by atoms with E-state index in [1.165, 1.54) is 18.3 Å². The Morgan fingerprint density at radius 1 is 1.38 bits per heavy atom. The maximum Gasteiger partial charge on any atom is 0.256 e. The van der Waals surface area contributed by atoms with E-state index in [0.29, 0.717) is 19.0 Å². The van der Waals surface area contributed by atoms with Crippen LogP contribution in [0.4, 0.5) is 15.9 Å². The molecule has 0 aliphatic carbocycles. The highest BCUT2D eigenvalue weighted by Gasteiger charge is 2.44. The van der Waals surface area contributed by atoms with Gasteiger partial charge in [0.05, 0.1) is 29.7 Å². The fraction of sp³-hybridized carbons (Fsp3) is 0.350. The highest BCUT2D eigenvalue weighted by Crippen LogP contribution is 2.36. The number of piperidine rings is 1. The van der Waals surface area contributed by atoms with Crippen molar-refractivity contribution in [1.82, 2.24) is 14.9 Å². The molecule has 8 nitrogen and oxygen atoms in total. The first kappa shape index (κ1) is 19.0. The van der Waals surface area contributed by atoms with Gasteiger partial charge < -0.3 is 15.2 Å². The van der Waals surface area contributed by atoms with Crippen LogP contribution in [0.3, 0.4) is 0 Å². The normalized spacial score (nSPS) is 20.9. The highest BCUT2D eigenvalue weighted by atomic mass is 19.1. The Labute approximate surface area is 168 Å². The highest BCUT2D eigenvalue weighted by molar-refractivity contribution is 6.14. The fourth-order valence-corrected chi connectivity index (χ4v) is 3.96. The number of hydrogen-bond donors (Lipinski definition) is 2. The van der Waals surface area contributed by atoms with Crippen molar-refractivity contribution in [2.75, 3.05) is 30.0 Å². The van der Waals surface area contributed by atoms with Crippen molar-refractivity contribution >= 4 is 29.8 Å². The molecular formula is C20H22FN7O. The van der Waals surface area contributed by atoms with Crippen LogP contribution in [-0.2, 0) is 0 Å². The number of anilines is 2. The van der Waals surface area contributed by atoms with E-state index in [1.807, 2.05) is 6.92 Å². The number of amides is 1. The molecule has 3 heterocycles. The molecule has 2 saturated heterocycles. The quantitative estimate of drug-likeness (QED) is 0.598. The molecule has 1 amide bonds. The molecule has 2 atom stereocenters. The first-order valence-corrected chi connectivity index (χ1v) is 9.49. The van der Waals surface area contributed by atoms with Crippen LogP contribution in [0.5, 0.6) is 0 Å². The van der Waals surface area contributed by atoms with E-state index in [2.05, 4.69) is 25.4 Å². The van der Waals surface area contributed by atoms with Crippen molar-refractivity contribution in [3.05, 3.63) is 47.7 Å². The number of halogens is 1. The summed E-state index contributed by atoms with van der Waals surface area (Å²) in [5.74, 6) is 0.546. The van der Waals surface area contributed by atoms with E-state index in [4.69, 9.17) is 5.41 Å². The number of rotatable bonds is 5. The van der Waals surface area contributed by atoms with Crippen LogP contribution in [0.2, 0.25) is 0 Å². The minimum absolute atomic E-state index is 0.0211. The monoisotopic (exact) mass is 395 g/mol. The van der Waals surface area contributed by atoms with Gasteiger partial charge in [0.2, 0.25) is 0 Å². The third kappa shape index (κ3) is 3.67. The summed E-state index contributed by atoms with van der Waals surface area (Å²) in [6, 6.07) is 4.56. The number of hydrazone groups is 1. The summed E-state index contributed by atoms with van der Waals surface area (Å²) in [6.45, 7) is 4.01. The molecule has 9 heteroatoms. The Hall–Kier alpha value is -3.36. The van der Waals surface area contributed by atoms with E-state index in [9.17, 15) is 9.18 Å². The number of carbonyl (C=O) groups is 1. The van der Waals surface area contributed by atoms with Gasteiger partial charge in [0.1, 0.15) is 17.3 Å². The number of aromatic nitrogens is 2. The number of para-hydroxylation sites is 1. The summed E-state index contributed by atoms with van der Waals surface area (Å²) >= 11 is 0. The molecule has 2 aliphatic heterocycles. The fourth-order valence-electron chi connectivity index (χ4n) is 3.96. The van der Waals surface area contributed by atoms with Gasteiger partial charge in [-0.2, -0.15) is 5.10 Å². The van der Waals surface area contributed by atoms with Crippen molar-refractivity contribution in [3.8, 4) is 0 Å².